The van der Waals surface area contributed by atoms with E-state index in [9.17, 15) is 48.5 Å². The Morgan fingerprint density at radius 2 is 0.887 bits per heavy atom. The highest BCUT2D eigenvalue weighted by atomic mass is 32.2. The maximum atomic E-state index is 13.7. The third-order valence-corrected chi connectivity index (χ3v) is 12.9. The van der Waals surface area contributed by atoms with Crippen molar-refractivity contribution in [2.75, 3.05) is 39.1 Å². The number of allylic oxidation sites excluding steroid dienone is 2. The van der Waals surface area contributed by atoms with Gasteiger partial charge in [0.05, 0.1) is 39.8 Å². The standard InChI is InChI=1S/C44H35N13O11S3/c45-24-3-12-35(33(47)17-24)54-51-28-5-1-22-15-39(70(63,64)65)41(43(58)31(22)19-28)56-50-27-9-7-26(8-10-27)49-37-14-11-30(21-38(37)69(60,61)62)53-57-42-40(71(66,67)68)16-23-2-6-29(20-32(23)44(42)59)52-55-36-13-4-25(46)18-34(36)48/h1-21,49-50,53H,45-48H2,(H,60,61,62)(H,63,64,65)(H,66,67,68)/b54-51?,55-52?,56-41+,57-42-. The van der Waals surface area contributed by atoms with Crippen LogP contribution in [0, 0.1) is 0 Å². The van der Waals surface area contributed by atoms with Crippen molar-refractivity contribution in [1.29, 1.82) is 0 Å². The molecular formula is C44H35N13O11S3. The molecule has 27 heteroatoms. The number of nitrogens with one attached hydrogen (secondary N) is 3. The average Bonchev–Trinajstić information content (AvgIpc) is 3.30. The van der Waals surface area contributed by atoms with Gasteiger partial charge in [0.2, 0.25) is 11.6 Å². The first-order valence-corrected chi connectivity index (χ1v) is 24.4. The fraction of sp³-hybridized carbons (Fsp3) is 0. The van der Waals surface area contributed by atoms with Crippen LogP contribution in [-0.4, -0.2) is 61.9 Å². The van der Waals surface area contributed by atoms with E-state index < -0.39 is 68.0 Å². The number of ketones is 2. The van der Waals surface area contributed by atoms with E-state index in [0.717, 1.165) is 18.2 Å². The third-order valence-electron chi connectivity index (χ3n) is 10.3. The number of hydrogen-bond acceptors (Lipinski definition) is 21. The van der Waals surface area contributed by atoms with Crippen LogP contribution in [0.3, 0.4) is 0 Å². The Labute approximate surface area is 402 Å². The number of nitrogen functional groups attached to an aromatic ring is 4. The molecule has 0 aromatic heterocycles. The highest BCUT2D eigenvalue weighted by Gasteiger charge is 2.34. The molecule has 2 aliphatic carbocycles. The Bertz CT molecular complexity index is 3800. The lowest BCUT2D eigenvalue weighted by molar-refractivity contribution is 0.105. The summed E-state index contributed by atoms with van der Waals surface area (Å²) in [6.45, 7) is 0. The number of Topliss-reactive ketones (excluding diaryl/α,β-unsaturated/α-hetero) is 2. The smallest absolute Gasteiger partial charge is 0.296 e. The molecule has 0 radical (unpaired) electrons. The van der Waals surface area contributed by atoms with E-state index in [0.29, 0.717) is 17.1 Å². The Kier molecular flexibility index (Phi) is 12.9. The lowest BCUT2D eigenvalue weighted by Gasteiger charge is -2.17. The quantitative estimate of drug-likeness (QED) is 0.0230. The molecule has 0 unspecified atom stereocenters. The van der Waals surface area contributed by atoms with Gasteiger partial charge in [-0.2, -0.15) is 45.7 Å². The van der Waals surface area contributed by atoms with Crippen molar-refractivity contribution in [3.63, 3.8) is 0 Å². The molecule has 6 aromatic rings. The summed E-state index contributed by atoms with van der Waals surface area (Å²) in [6.07, 6.45) is 2.07. The first-order chi connectivity index (χ1) is 33.5. The number of nitrogens with zero attached hydrogens (tertiary/aromatic N) is 6. The highest BCUT2D eigenvalue weighted by molar-refractivity contribution is 7.91. The van der Waals surface area contributed by atoms with Gasteiger partial charge in [-0.3, -0.25) is 34.1 Å². The molecule has 0 amide bonds. The number of azo groups is 2. The van der Waals surface area contributed by atoms with Crippen LogP contribution in [0.25, 0.3) is 12.2 Å². The zero-order valence-corrected chi connectivity index (χ0v) is 38.4. The molecule has 0 aliphatic heterocycles. The number of anilines is 8. The molecule has 14 N–H and O–H groups in total. The summed E-state index contributed by atoms with van der Waals surface area (Å²) >= 11 is 0. The molecular weight excluding hydrogens is 983 g/mol. The number of nitrogens with two attached hydrogens (primary N) is 4. The summed E-state index contributed by atoms with van der Waals surface area (Å²) in [5.74, 6) is -1.85. The van der Waals surface area contributed by atoms with E-state index in [4.69, 9.17) is 22.9 Å². The van der Waals surface area contributed by atoms with Crippen LogP contribution in [0.15, 0.2) is 161 Å². The summed E-state index contributed by atoms with van der Waals surface area (Å²) in [5, 5.41) is 27.1. The van der Waals surface area contributed by atoms with Crippen LogP contribution in [0.4, 0.5) is 68.2 Å². The van der Waals surface area contributed by atoms with Crippen molar-refractivity contribution >= 4 is 134 Å². The number of carbonyl (C=O) groups excluding carboxylic acids is 2. The van der Waals surface area contributed by atoms with Crippen molar-refractivity contribution in [2.24, 2.45) is 30.7 Å². The minimum atomic E-state index is -5.06. The Hall–Kier alpha value is -8.99. The predicted molar refractivity (Wildman–Crippen MR) is 268 cm³/mol. The van der Waals surface area contributed by atoms with Gasteiger partial charge in [0.25, 0.3) is 30.4 Å². The maximum Gasteiger partial charge on any atom is 0.296 e. The van der Waals surface area contributed by atoms with Crippen LogP contribution in [0.2, 0.25) is 0 Å². The minimum Gasteiger partial charge on any atom is -0.399 e. The molecule has 0 spiro atoms. The van der Waals surface area contributed by atoms with E-state index in [-0.39, 0.29) is 73.4 Å². The molecule has 360 valence electrons. The van der Waals surface area contributed by atoms with Gasteiger partial charge in [-0.1, -0.05) is 12.1 Å². The summed E-state index contributed by atoms with van der Waals surface area (Å²) in [7, 11) is -15.0. The number of fused-ring (bicyclic) bond motifs is 2. The van der Waals surface area contributed by atoms with Crippen molar-refractivity contribution in [2.45, 2.75) is 4.90 Å². The number of carbonyl (C=O) groups is 2. The molecule has 8 rings (SSSR count). The van der Waals surface area contributed by atoms with E-state index in [1.807, 2.05) is 0 Å². The fourth-order valence-corrected chi connectivity index (χ4v) is 8.84. The van der Waals surface area contributed by atoms with Gasteiger partial charge in [0, 0.05) is 28.2 Å². The van der Waals surface area contributed by atoms with Crippen LogP contribution >= 0.6 is 0 Å². The summed E-state index contributed by atoms with van der Waals surface area (Å²) in [5.41, 5.74) is 29.4. The molecule has 0 bridgehead atoms. The van der Waals surface area contributed by atoms with Gasteiger partial charge in [-0.05, 0) is 126 Å². The van der Waals surface area contributed by atoms with Gasteiger partial charge in [0.15, 0.2) is 11.4 Å². The molecule has 0 saturated heterocycles. The van der Waals surface area contributed by atoms with E-state index in [1.54, 1.807) is 18.2 Å². The lowest BCUT2D eigenvalue weighted by atomic mass is 9.94. The summed E-state index contributed by atoms with van der Waals surface area (Å²) in [4.78, 5) is 25.1. The fourth-order valence-electron chi connectivity index (χ4n) is 6.85. The number of rotatable bonds is 13. The number of benzene rings is 6. The molecule has 0 heterocycles. The highest BCUT2D eigenvalue weighted by Crippen LogP contribution is 2.35. The van der Waals surface area contributed by atoms with Crippen LogP contribution < -0.4 is 39.1 Å². The zero-order valence-electron chi connectivity index (χ0n) is 35.9. The van der Waals surface area contributed by atoms with E-state index in [2.05, 4.69) is 46.8 Å². The Balaban J connectivity index is 0.998. The first-order valence-electron chi connectivity index (χ1n) is 20.1. The third kappa shape index (κ3) is 10.8. The van der Waals surface area contributed by atoms with Crippen LogP contribution in [0.1, 0.15) is 31.8 Å². The zero-order chi connectivity index (χ0) is 51.0. The first kappa shape index (κ1) is 48.5. The second kappa shape index (κ2) is 18.8. The second-order valence-electron chi connectivity index (χ2n) is 15.2. The van der Waals surface area contributed by atoms with Gasteiger partial charge in [-0.15, -0.1) is 10.2 Å². The molecule has 2 aliphatic rings. The average molecular weight is 1020 g/mol. The SMILES string of the molecule is Nc1ccc(N=Nc2ccc3c(c2)C(=O)/C(=N/Nc2ccc(Nc4ccc(N/N=C5\C(=O)c6cc(N=Nc7ccc(N)cc7N)ccc6C=C5S(=O)(=O)O)cc4S(=O)(=O)O)cc2)C(S(=O)(=O)O)=C3)c(N)c1. The normalized spacial score (nSPS) is 15.1. The molecule has 24 nitrogen and oxygen atoms in total. The largest absolute Gasteiger partial charge is 0.399 e. The van der Waals surface area contributed by atoms with Crippen molar-refractivity contribution in [3.8, 4) is 0 Å². The molecule has 6 aromatic carbocycles. The second-order valence-corrected chi connectivity index (χ2v) is 19.4. The monoisotopic (exact) mass is 1020 g/mol. The Morgan fingerprint density at radius 3 is 1.32 bits per heavy atom. The topological polar surface area (TPSA) is 412 Å². The minimum absolute atomic E-state index is 0.00742. The van der Waals surface area contributed by atoms with Gasteiger partial charge >= 0.3 is 0 Å². The van der Waals surface area contributed by atoms with Crippen LogP contribution in [-0.2, 0) is 30.4 Å². The summed E-state index contributed by atoms with van der Waals surface area (Å²) < 4.78 is 105. The Morgan fingerprint density at radius 1 is 0.451 bits per heavy atom. The number of hydrazone groups is 2. The van der Waals surface area contributed by atoms with Gasteiger partial charge in [0.1, 0.15) is 26.1 Å². The van der Waals surface area contributed by atoms with Gasteiger partial charge < -0.3 is 28.3 Å². The molecule has 0 fully saturated rings. The van der Waals surface area contributed by atoms with Gasteiger partial charge in [-0.25, -0.2) is 0 Å². The van der Waals surface area contributed by atoms with E-state index in [1.165, 1.54) is 91.0 Å². The summed E-state index contributed by atoms with van der Waals surface area (Å²) in [6, 6.07) is 26.6. The predicted octanol–water partition coefficient (Wildman–Crippen LogP) is 7.62. The van der Waals surface area contributed by atoms with Crippen molar-refractivity contribution in [3.05, 3.63) is 147 Å². The molecule has 71 heavy (non-hydrogen) atoms. The lowest BCUT2D eigenvalue weighted by Crippen LogP contribution is -2.27. The maximum absolute atomic E-state index is 13.7. The molecule has 0 atom stereocenters. The van der Waals surface area contributed by atoms with E-state index >= 15 is 0 Å². The molecule has 0 saturated carbocycles. The van der Waals surface area contributed by atoms with Crippen molar-refractivity contribution in [1.82, 2.24) is 0 Å². The van der Waals surface area contributed by atoms with Crippen LogP contribution in [0.5, 0.6) is 0 Å². The van der Waals surface area contributed by atoms with Crippen molar-refractivity contribution < 1.29 is 48.5 Å². The number of hydrogen-bond donors (Lipinski definition) is 10.